The first-order chi connectivity index (χ1) is 3.21. The first kappa shape index (κ1) is 4.61. The molecule has 1 aliphatic heterocycles. The monoisotopic (exact) mass is 122 g/mol. The van der Waals surface area contributed by atoms with Crippen molar-refractivity contribution in [2.45, 2.75) is 0 Å². The van der Waals surface area contributed by atoms with E-state index in [4.69, 9.17) is 0 Å². The zero-order chi connectivity index (χ0) is 5.33. The number of rotatable bonds is 0. The average molecular weight is 122 g/mol. The topological polar surface area (TPSA) is 52.6 Å². The highest BCUT2D eigenvalue weighted by Crippen LogP contribution is 2.03. The van der Waals surface area contributed by atoms with Crippen molar-refractivity contribution in [1.82, 2.24) is 0 Å². The minimum atomic E-state index is -3.45. The zero-order valence-electron chi connectivity index (χ0n) is 3.20. The van der Waals surface area contributed by atoms with E-state index < -0.39 is 10.1 Å². The molecule has 0 spiro atoms. The van der Waals surface area contributed by atoms with Crippen molar-refractivity contribution in [2.24, 2.45) is 0 Å². The van der Waals surface area contributed by atoms with Gasteiger partial charge in [-0.2, -0.15) is 8.42 Å². The molecule has 0 aromatic carbocycles. The zero-order valence-corrected chi connectivity index (χ0v) is 4.01. The van der Waals surface area contributed by atoms with Crippen molar-refractivity contribution in [2.75, 3.05) is 0 Å². The Kier molecular flexibility index (Phi) is 0.795. The third-order valence-corrected chi connectivity index (χ3v) is 1.12. The Morgan fingerprint density at radius 2 is 2.14 bits per heavy atom. The predicted octanol–water partition coefficient (Wildman–Crippen LogP) is -0.251. The van der Waals surface area contributed by atoms with E-state index in [1.165, 1.54) is 0 Å². The fraction of sp³-hybridized carbons (Fsp3) is 0. The summed E-state index contributed by atoms with van der Waals surface area (Å²) in [6.45, 7) is 0. The maximum absolute atomic E-state index is 10.00. The molecule has 7 heavy (non-hydrogen) atoms. The molecule has 0 N–H and O–H groups in total. The Balaban J connectivity index is 2.99. The Morgan fingerprint density at radius 3 is 2.29 bits per heavy atom. The third kappa shape index (κ3) is 0.908. The fourth-order valence-corrected chi connectivity index (χ4v) is 0.573. The summed E-state index contributed by atoms with van der Waals surface area (Å²) in [7, 11) is -3.45. The van der Waals surface area contributed by atoms with Crippen LogP contribution in [-0.2, 0) is 19.3 Å². The Morgan fingerprint density at radius 1 is 1.43 bits per heavy atom. The highest BCUT2D eigenvalue weighted by atomic mass is 32.2. The normalized spacial score (nSPS) is 24.6. The van der Waals surface area contributed by atoms with Crippen LogP contribution < -0.4 is 0 Å². The molecule has 0 aromatic heterocycles. The lowest BCUT2D eigenvalue weighted by atomic mass is 11.2. The lowest BCUT2D eigenvalue weighted by Crippen LogP contribution is -1.90. The minimum absolute atomic E-state index is 0.826. The number of hydrogen-bond donors (Lipinski definition) is 0. The summed E-state index contributed by atoms with van der Waals surface area (Å²) in [5, 5.41) is 0.826. The Hall–Kier alpha value is -0.550. The van der Waals surface area contributed by atoms with E-state index in [2.05, 4.69) is 9.22 Å². The quantitative estimate of drug-likeness (QED) is 0.416. The second-order valence-electron chi connectivity index (χ2n) is 0.929. The van der Waals surface area contributed by atoms with Crippen LogP contribution >= 0.6 is 0 Å². The molecule has 1 aliphatic rings. The Bertz CT molecular complexity index is 176. The highest BCUT2D eigenvalue weighted by molar-refractivity contribution is 7.89. The SMILES string of the molecule is O=S1(=O)C=COO1. The predicted molar refractivity (Wildman–Crippen MR) is 20.2 cm³/mol. The molecule has 0 aliphatic carbocycles. The van der Waals surface area contributed by atoms with Gasteiger partial charge in [0.15, 0.2) is 0 Å². The summed E-state index contributed by atoms with van der Waals surface area (Å²) in [4.78, 5) is 3.89. The summed E-state index contributed by atoms with van der Waals surface area (Å²) in [5.74, 6) is 0. The van der Waals surface area contributed by atoms with E-state index in [9.17, 15) is 8.42 Å². The van der Waals surface area contributed by atoms with E-state index in [0.717, 1.165) is 11.7 Å². The van der Waals surface area contributed by atoms with Gasteiger partial charge < -0.3 is 4.89 Å². The molecule has 0 atom stereocenters. The van der Waals surface area contributed by atoms with Gasteiger partial charge in [-0.25, -0.2) is 0 Å². The standard InChI is InChI=1S/C2H2O4S/c3-7(4)2-1-5-6-7/h1-2H. The van der Waals surface area contributed by atoms with Crippen molar-refractivity contribution in [3.63, 3.8) is 0 Å². The van der Waals surface area contributed by atoms with Gasteiger partial charge in [0.25, 0.3) is 0 Å². The molecule has 0 saturated heterocycles. The summed E-state index contributed by atoms with van der Waals surface area (Å²) >= 11 is 0. The van der Waals surface area contributed by atoms with E-state index in [1.807, 2.05) is 0 Å². The summed E-state index contributed by atoms with van der Waals surface area (Å²) in [6, 6.07) is 0. The van der Waals surface area contributed by atoms with E-state index in [1.54, 1.807) is 0 Å². The van der Waals surface area contributed by atoms with Crippen molar-refractivity contribution in [3.8, 4) is 0 Å². The average Bonchev–Trinajstić information content (AvgIpc) is 1.84. The van der Waals surface area contributed by atoms with Crippen LogP contribution in [0.5, 0.6) is 0 Å². The molecule has 0 saturated carbocycles. The van der Waals surface area contributed by atoms with Gasteiger partial charge in [-0.15, -0.1) is 0 Å². The molecule has 5 heteroatoms. The van der Waals surface area contributed by atoms with Gasteiger partial charge in [-0.05, 0) is 0 Å². The summed E-state index contributed by atoms with van der Waals surface area (Å²) in [6.07, 6.45) is 0.954. The number of hydrogen-bond acceptors (Lipinski definition) is 4. The molecule has 0 bridgehead atoms. The highest BCUT2D eigenvalue weighted by Gasteiger charge is 2.11. The molecule has 1 heterocycles. The fourth-order valence-electron chi connectivity index (χ4n) is 0.191. The van der Waals surface area contributed by atoms with Crippen LogP contribution in [0.2, 0.25) is 0 Å². The molecular weight excluding hydrogens is 120 g/mol. The third-order valence-electron chi connectivity index (χ3n) is 0.412. The smallest absolute Gasteiger partial charge is 0.328 e. The second kappa shape index (κ2) is 1.21. The molecule has 0 radical (unpaired) electrons. The van der Waals surface area contributed by atoms with Crippen molar-refractivity contribution in [3.05, 3.63) is 11.7 Å². The van der Waals surface area contributed by atoms with Gasteiger partial charge in [0.2, 0.25) is 0 Å². The van der Waals surface area contributed by atoms with Crippen LogP contribution in [0.15, 0.2) is 11.7 Å². The maximum atomic E-state index is 10.00. The molecule has 0 aromatic rings. The first-order valence-corrected chi connectivity index (χ1v) is 2.94. The van der Waals surface area contributed by atoms with Crippen LogP contribution in [0.25, 0.3) is 0 Å². The second-order valence-corrected chi connectivity index (χ2v) is 2.32. The molecule has 1 rings (SSSR count). The lowest BCUT2D eigenvalue weighted by Gasteiger charge is -1.82. The molecule has 0 fully saturated rings. The molecule has 0 unspecified atom stereocenters. The van der Waals surface area contributed by atoms with E-state index in [-0.39, 0.29) is 0 Å². The summed E-state index contributed by atoms with van der Waals surface area (Å²) in [5.41, 5.74) is 0. The van der Waals surface area contributed by atoms with Gasteiger partial charge in [0, 0.05) is 0 Å². The van der Waals surface area contributed by atoms with Crippen LogP contribution in [0.4, 0.5) is 0 Å². The van der Waals surface area contributed by atoms with Crippen molar-refractivity contribution in [1.29, 1.82) is 0 Å². The maximum Gasteiger partial charge on any atom is 0.328 e. The van der Waals surface area contributed by atoms with Gasteiger partial charge >= 0.3 is 10.1 Å². The van der Waals surface area contributed by atoms with Gasteiger partial charge in [-0.1, -0.05) is 4.33 Å². The molecular formula is C2H2O4S. The van der Waals surface area contributed by atoms with E-state index in [0.29, 0.717) is 0 Å². The van der Waals surface area contributed by atoms with Crippen LogP contribution in [0, 0.1) is 0 Å². The van der Waals surface area contributed by atoms with Crippen LogP contribution in [-0.4, -0.2) is 8.42 Å². The van der Waals surface area contributed by atoms with E-state index >= 15 is 0 Å². The van der Waals surface area contributed by atoms with Crippen molar-refractivity contribution < 1.29 is 17.6 Å². The molecule has 4 nitrogen and oxygen atoms in total. The summed E-state index contributed by atoms with van der Waals surface area (Å²) < 4.78 is 23.7. The molecule has 40 valence electrons. The van der Waals surface area contributed by atoms with Crippen molar-refractivity contribution >= 4 is 10.1 Å². The van der Waals surface area contributed by atoms with Crippen LogP contribution in [0.1, 0.15) is 0 Å². The van der Waals surface area contributed by atoms with Gasteiger partial charge in [0.05, 0.1) is 5.41 Å². The largest absolute Gasteiger partial charge is 0.328 e. The van der Waals surface area contributed by atoms with Gasteiger partial charge in [0.1, 0.15) is 6.26 Å². The van der Waals surface area contributed by atoms with Gasteiger partial charge in [-0.3, -0.25) is 0 Å². The first-order valence-electron chi connectivity index (χ1n) is 1.47. The van der Waals surface area contributed by atoms with Crippen LogP contribution in [0.3, 0.4) is 0 Å². The minimum Gasteiger partial charge on any atom is -0.328 e. The Labute approximate surface area is 40.4 Å². The molecule has 0 amide bonds. The lowest BCUT2D eigenvalue weighted by molar-refractivity contribution is -0.132.